The summed E-state index contributed by atoms with van der Waals surface area (Å²) in [6.07, 6.45) is -4.43. The molecular formula is C18H19F3N2O2. The zero-order valence-corrected chi connectivity index (χ0v) is 13.9. The SMILES string of the molecule is COCC(C)NC(=O)c1ccccc1Nc1cccc(C(F)(F)F)c1. The van der Waals surface area contributed by atoms with Crippen LogP contribution in [0.3, 0.4) is 0 Å². The third-order valence-corrected chi connectivity index (χ3v) is 3.43. The van der Waals surface area contributed by atoms with E-state index in [1.807, 2.05) is 0 Å². The maximum atomic E-state index is 12.8. The van der Waals surface area contributed by atoms with E-state index in [1.165, 1.54) is 19.2 Å². The summed E-state index contributed by atoms with van der Waals surface area (Å²) in [7, 11) is 1.53. The molecule has 0 fully saturated rings. The van der Waals surface area contributed by atoms with Crippen LogP contribution in [0, 0.1) is 0 Å². The van der Waals surface area contributed by atoms with Gasteiger partial charge < -0.3 is 15.4 Å². The van der Waals surface area contributed by atoms with E-state index in [-0.39, 0.29) is 17.6 Å². The molecule has 1 amide bonds. The van der Waals surface area contributed by atoms with E-state index in [0.717, 1.165) is 12.1 Å². The molecule has 2 rings (SSSR count). The summed E-state index contributed by atoms with van der Waals surface area (Å²) in [5, 5.41) is 5.65. The average molecular weight is 352 g/mol. The molecule has 134 valence electrons. The van der Waals surface area contributed by atoms with Gasteiger partial charge in [0.25, 0.3) is 5.91 Å². The first kappa shape index (κ1) is 18.8. The van der Waals surface area contributed by atoms with Gasteiger partial charge in [0.15, 0.2) is 0 Å². The first-order chi connectivity index (χ1) is 11.8. The van der Waals surface area contributed by atoms with Crippen LogP contribution in [-0.4, -0.2) is 25.7 Å². The molecule has 0 aliphatic rings. The molecule has 2 N–H and O–H groups in total. The number of ether oxygens (including phenoxy) is 1. The van der Waals surface area contributed by atoms with Gasteiger partial charge in [0, 0.05) is 18.8 Å². The number of carbonyl (C=O) groups is 1. The third kappa shape index (κ3) is 5.22. The van der Waals surface area contributed by atoms with Crippen LogP contribution in [0.15, 0.2) is 48.5 Å². The first-order valence-corrected chi connectivity index (χ1v) is 7.64. The number of benzene rings is 2. The van der Waals surface area contributed by atoms with Gasteiger partial charge in [-0.15, -0.1) is 0 Å². The van der Waals surface area contributed by atoms with Crippen LogP contribution in [0.5, 0.6) is 0 Å². The van der Waals surface area contributed by atoms with Crippen molar-refractivity contribution in [1.29, 1.82) is 0 Å². The number of para-hydroxylation sites is 1. The molecule has 0 saturated carbocycles. The largest absolute Gasteiger partial charge is 0.416 e. The van der Waals surface area contributed by atoms with Crippen LogP contribution in [0.25, 0.3) is 0 Å². The number of hydrogen-bond donors (Lipinski definition) is 2. The van der Waals surface area contributed by atoms with E-state index in [2.05, 4.69) is 10.6 Å². The van der Waals surface area contributed by atoms with Crippen molar-refractivity contribution in [3.8, 4) is 0 Å². The van der Waals surface area contributed by atoms with Crippen molar-refractivity contribution in [2.75, 3.05) is 19.0 Å². The average Bonchev–Trinajstić information content (AvgIpc) is 2.55. The Balaban J connectivity index is 2.22. The molecule has 0 saturated heterocycles. The quantitative estimate of drug-likeness (QED) is 0.819. The molecule has 0 bridgehead atoms. The van der Waals surface area contributed by atoms with Gasteiger partial charge in [0.05, 0.1) is 23.4 Å². The van der Waals surface area contributed by atoms with Gasteiger partial charge in [-0.25, -0.2) is 0 Å². The highest BCUT2D eigenvalue weighted by atomic mass is 19.4. The zero-order valence-electron chi connectivity index (χ0n) is 13.9. The summed E-state index contributed by atoms with van der Waals surface area (Å²) in [5.74, 6) is -0.334. The van der Waals surface area contributed by atoms with E-state index in [0.29, 0.717) is 17.9 Å². The van der Waals surface area contributed by atoms with Gasteiger partial charge >= 0.3 is 6.18 Å². The third-order valence-electron chi connectivity index (χ3n) is 3.43. The van der Waals surface area contributed by atoms with Crippen LogP contribution in [0.2, 0.25) is 0 Å². The van der Waals surface area contributed by atoms with Gasteiger partial charge in [-0.1, -0.05) is 18.2 Å². The molecular weight excluding hydrogens is 333 g/mol. The Kier molecular flexibility index (Phi) is 6.03. The number of hydrogen-bond acceptors (Lipinski definition) is 3. The lowest BCUT2D eigenvalue weighted by Gasteiger charge is -2.16. The summed E-state index contributed by atoms with van der Waals surface area (Å²) in [6.45, 7) is 2.15. The fourth-order valence-electron chi connectivity index (χ4n) is 2.31. The first-order valence-electron chi connectivity index (χ1n) is 7.64. The normalized spacial score (nSPS) is 12.5. The molecule has 25 heavy (non-hydrogen) atoms. The van der Waals surface area contributed by atoms with Crippen LogP contribution in [0.1, 0.15) is 22.8 Å². The van der Waals surface area contributed by atoms with E-state index >= 15 is 0 Å². The molecule has 0 radical (unpaired) electrons. The monoisotopic (exact) mass is 352 g/mol. The minimum atomic E-state index is -4.43. The van der Waals surface area contributed by atoms with Gasteiger partial charge in [-0.3, -0.25) is 4.79 Å². The number of anilines is 2. The Morgan fingerprint density at radius 1 is 1.16 bits per heavy atom. The maximum Gasteiger partial charge on any atom is 0.416 e. The fraction of sp³-hybridized carbons (Fsp3) is 0.278. The van der Waals surface area contributed by atoms with Gasteiger partial charge in [0.2, 0.25) is 0 Å². The summed E-state index contributed by atoms with van der Waals surface area (Å²) in [4.78, 5) is 12.4. The molecule has 0 aliphatic heterocycles. The lowest BCUT2D eigenvalue weighted by atomic mass is 10.1. The summed E-state index contributed by atoms with van der Waals surface area (Å²) >= 11 is 0. The number of alkyl halides is 3. The Labute approximate surface area is 144 Å². The van der Waals surface area contributed by atoms with E-state index in [4.69, 9.17) is 4.74 Å². The highest BCUT2D eigenvalue weighted by Crippen LogP contribution is 2.31. The molecule has 4 nitrogen and oxygen atoms in total. The number of methoxy groups -OCH3 is 1. The summed E-state index contributed by atoms with van der Waals surface area (Å²) < 4.78 is 43.5. The number of carbonyl (C=O) groups excluding carboxylic acids is 1. The van der Waals surface area contributed by atoms with Crippen molar-refractivity contribution < 1.29 is 22.7 Å². The molecule has 0 aliphatic carbocycles. The number of rotatable bonds is 6. The topological polar surface area (TPSA) is 50.4 Å². The second-order valence-electron chi connectivity index (χ2n) is 5.58. The highest BCUT2D eigenvalue weighted by molar-refractivity contribution is 6.00. The number of amides is 1. The smallest absolute Gasteiger partial charge is 0.383 e. The Hall–Kier alpha value is -2.54. The molecule has 0 aromatic heterocycles. The molecule has 1 atom stereocenters. The zero-order chi connectivity index (χ0) is 18.4. The predicted molar refractivity (Wildman–Crippen MR) is 90.0 cm³/mol. The minimum Gasteiger partial charge on any atom is -0.383 e. The molecule has 0 heterocycles. The highest BCUT2D eigenvalue weighted by Gasteiger charge is 2.30. The van der Waals surface area contributed by atoms with E-state index in [9.17, 15) is 18.0 Å². The Morgan fingerprint density at radius 3 is 2.56 bits per heavy atom. The van der Waals surface area contributed by atoms with Gasteiger partial charge in [-0.05, 0) is 37.3 Å². The lowest BCUT2D eigenvalue weighted by molar-refractivity contribution is -0.137. The maximum absolute atomic E-state index is 12.8. The van der Waals surface area contributed by atoms with Crippen LogP contribution >= 0.6 is 0 Å². The van der Waals surface area contributed by atoms with Crippen LogP contribution in [0.4, 0.5) is 24.5 Å². The Bertz CT molecular complexity index is 732. The van der Waals surface area contributed by atoms with Crippen molar-refractivity contribution in [3.63, 3.8) is 0 Å². The molecule has 7 heteroatoms. The van der Waals surface area contributed by atoms with Gasteiger partial charge in [-0.2, -0.15) is 13.2 Å². The second-order valence-corrected chi connectivity index (χ2v) is 5.58. The van der Waals surface area contributed by atoms with Crippen LogP contribution in [-0.2, 0) is 10.9 Å². The van der Waals surface area contributed by atoms with Gasteiger partial charge in [0.1, 0.15) is 0 Å². The van der Waals surface area contributed by atoms with Crippen molar-refractivity contribution >= 4 is 17.3 Å². The summed E-state index contributed by atoms with van der Waals surface area (Å²) in [5.41, 5.74) is 0.250. The number of halogens is 3. The minimum absolute atomic E-state index is 0.195. The second kappa shape index (κ2) is 8.02. The molecule has 1 unspecified atom stereocenters. The Morgan fingerprint density at radius 2 is 1.88 bits per heavy atom. The fourth-order valence-corrected chi connectivity index (χ4v) is 2.31. The summed E-state index contributed by atoms with van der Waals surface area (Å²) in [6, 6.07) is 11.3. The van der Waals surface area contributed by atoms with Crippen molar-refractivity contribution in [1.82, 2.24) is 5.32 Å². The lowest BCUT2D eigenvalue weighted by Crippen LogP contribution is -2.35. The van der Waals surface area contributed by atoms with Crippen LogP contribution < -0.4 is 10.6 Å². The van der Waals surface area contributed by atoms with Crippen molar-refractivity contribution in [2.45, 2.75) is 19.1 Å². The molecule has 2 aromatic carbocycles. The predicted octanol–water partition coefficient (Wildman–Crippen LogP) is 4.21. The standard InChI is InChI=1S/C18H19F3N2O2/c1-12(11-25-2)22-17(24)15-8-3-4-9-16(15)23-14-7-5-6-13(10-14)18(19,20)21/h3-10,12,23H,11H2,1-2H3,(H,22,24). The molecule has 2 aromatic rings. The molecule has 0 spiro atoms. The number of nitrogens with one attached hydrogen (secondary N) is 2. The van der Waals surface area contributed by atoms with E-state index in [1.54, 1.807) is 31.2 Å². The van der Waals surface area contributed by atoms with Crippen molar-refractivity contribution in [3.05, 3.63) is 59.7 Å². The van der Waals surface area contributed by atoms with E-state index < -0.39 is 11.7 Å². The van der Waals surface area contributed by atoms with Crippen molar-refractivity contribution in [2.24, 2.45) is 0 Å².